The highest BCUT2D eigenvalue weighted by molar-refractivity contribution is 5.80. The molecule has 0 heterocycles. The van der Waals surface area contributed by atoms with Crippen LogP contribution >= 0.6 is 0 Å². The first-order valence-corrected chi connectivity index (χ1v) is 5.87. The fraction of sp³-hybridized carbons (Fsp3) is 0.571. The van der Waals surface area contributed by atoms with E-state index in [-0.39, 0.29) is 24.6 Å². The second-order valence-corrected chi connectivity index (χ2v) is 4.41. The van der Waals surface area contributed by atoms with E-state index in [4.69, 9.17) is 4.74 Å². The number of allylic oxidation sites excluding steroid dienone is 2. The fourth-order valence-corrected chi connectivity index (χ4v) is 1.17. The number of esters is 1. The van der Waals surface area contributed by atoms with Gasteiger partial charge in [-0.15, -0.1) is 6.58 Å². The monoisotopic (exact) mass is 238 g/mol. The summed E-state index contributed by atoms with van der Waals surface area (Å²) in [5.74, 6) is -0.302. The van der Waals surface area contributed by atoms with Crippen LogP contribution in [0.2, 0.25) is 0 Å². The Balaban J connectivity index is 3.74. The van der Waals surface area contributed by atoms with Gasteiger partial charge in [-0.05, 0) is 39.2 Å². The molecule has 0 N–H and O–H groups in total. The number of Topliss-reactive ketones (excluding diaryl/α,β-unsaturated/α-hetero) is 1. The van der Waals surface area contributed by atoms with Gasteiger partial charge in [0.1, 0.15) is 12.4 Å². The molecule has 0 aromatic rings. The third-order valence-corrected chi connectivity index (χ3v) is 2.21. The molecule has 0 aromatic heterocycles. The molecular weight excluding hydrogens is 216 g/mol. The highest BCUT2D eigenvalue weighted by atomic mass is 16.5. The lowest BCUT2D eigenvalue weighted by Gasteiger charge is -2.04. The van der Waals surface area contributed by atoms with Crippen molar-refractivity contribution in [1.82, 2.24) is 0 Å². The first kappa shape index (κ1) is 15.6. The normalized spacial score (nSPS) is 11.1. The lowest BCUT2D eigenvalue weighted by Crippen LogP contribution is -2.08. The number of hydrogen-bond donors (Lipinski definition) is 0. The van der Waals surface area contributed by atoms with Crippen LogP contribution in [0.3, 0.4) is 0 Å². The van der Waals surface area contributed by atoms with Gasteiger partial charge in [0.15, 0.2) is 0 Å². The molecular formula is C14H22O3. The Morgan fingerprint density at radius 3 is 2.29 bits per heavy atom. The van der Waals surface area contributed by atoms with E-state index in [2.05, 4.69) is 6.58 Å². The lowest BCUT2D eigenvalue weighted by atomic mass is 10.1. The molecule has 0 fully saturated rings. The summed E-state index contributed by atoms with van der Waals surface area (Å²) in [6.45, 7) is 9.52. The number of rotatable bonds is 8. The van der Waals surface area contributed by atoms with Crippen LogP contribution in [-0.2, 0) is 14.3 Å². The Morgan fingerprint density at radius 1 is 1.12 bits per heavy atom. The molecule has 0 spiro atoms. The summed E-state index contributed by atoms with van der Waals surface area (Å²) in [7, 11) is 0. The average Bonchev–Trinajstić information content (AvgIpc) is 2.23. The van der Waals surface area contributed by atoms with Gasteiger partial charge in [0.05, 0.1) is 6.42 Å². The third-order valence-electron chi connectivity index (χ3n) is 2.21. The first-order valence-electron chi connectivity index (χ1n) is 5.87. The Kier molecular flexibility index (Phi) is 8.03. The summed E-state index contributed by atoms with van der Waals surface area (Å²) in [5, 5.41) is 0. The molecule has 0 saturated heterocycles. The van der Waals surface area contributed by atoms with Gasteiger partial charge in [-0.3, -0.25) is 4.79 Å². The summed E-state index contributed by atoms with van der Waals surface area (Å²) >= 11 is 0. The molecule has 0 unspecified atom stereocenters. The van der Waals surface area contributed by atoms with Crippen molar-refractivity contribution in [3.63, 3.8) is 0 Å². The van der Waals surface area contributed by atoms with E-state index in [0.29, 0.717) is 6.61 Å². The van der Waals surface area contributed by atoms with Crippen LogP contribution in [0, 0.1) is 0 Å². The van der Waals surface area contributed by atoms with Crippen LogP contribution in [-0.4, -0.2) is 18.4 Å². The highest BCUT2D eigenvalue weighted by Crippen LogP contribution is 2.05. The number of carbonyl (C=O) groups is 2. The van der Waals surface area contributed by atoms with Gasteiger partial charge in [0, 0.05) is 6.42 Å². The molecule has 0 radical (unpaired) electrons. The zero-order valence-corrected chi connectivity index (χ0v) is 11.0. The zero-order chi connectivity index (χ0) is 13.3. The zero-order valence-electron chi connectivity index (χ0n) is 11.0. The predicted molar refractivity (Wildman–Crippen MR) is 68.7 cm³/mol. The Hall–Kier alpha value is -1.38. The predicted octanol–water partition coefficient (Wildman–Crippen LogP) is 3.20. The maximum Gasteiger partial charge on any atom is 0.306 e. The van der Waals surface area contributed by atoms with Crippen molar-refractivity contribution in [2.45, 2.75) is 46.5 Å². The van der Waals surface area contributed by atoms with Crippen LogP contribution in [0.4, 0.5) is 0 Å². The molecule has 0 rings (SSSR count). The molecule has 0 amide bonds. The third kappa shape index (κ3) is 10.9. The van der Waals surface area contributed by atoms with E-state index in [1.54, 1.807) is 0 Å². The van der Waals surface area contributed by atoms with Crippen LogP contribution in [0.1, 0.15) is 46.5 Å². The molecule has 3 nitrogen and oxygen atoms in total. The maximum atomic E-state index is 11.2. The molecule has 3 heteroatoms. The second-order valence-electron chi connectivity index (χ2n) is 4.41. The highest BCUT2D eigenvalue weighted by Gasteiger charge is 2.04. The van der Waals surface area contributed by atoms with Crippen molar-refractivity contribution in [2.24, 2.45) is 0 Å². The maximum absolute atomic E-state index is 11.2. The van der Waals surface area contributed by atoms with E-state index in [0.717, 1.165) is 24.0 Å². The molecule has 0 saturated carbocycles. The van der Waals surface area contributed by atoms with Gasteiger partial charge in [-0.25, -0.2) is 0 Å². The van der Waals surface area contributed by atoms with Crippen molar-refractivity contribution in [3.8, 4) is 0 Å². The molecule has 0 atom stereocenters. The second kappa shape index (κ2) is 8.74. The largest absolute Gasteiger partial charge is 0.461 e. The minimum absolute atomic E-state index is 0.00988. The quantitative estimate of drug-likeness (QED) is 0.482. The molecule has 0 aliphatic rings. The van der Waals surface area contributed by atoms with E-state index in [1.165, 1.54) is 6.92 Å². The van der Waals surface area contributed by atoms with Crippen molar-refractivity contribution in [3.05, 3.63) is 23.8 Å². The summed E-state index contributed by atoms with van der Waals surface area (Å²) < 4.78 is 5.03. The lowest BCUT2D eigenvalue weighted by molar-refractivity contribution is -0.143. The molecule has 0 aromatic carbocycles. The molecule has 0 bridgehead atoms. The van der Waals surface area contributed by atoms with E-state index in [9.17, 15) is 9.59 Å². The number of carbonyl (C=O) groups excluding carboxylic acids is 2. The topological polar surface area (TPSA) is 43.4 Å². The Morgan fingerprint density at radius 2 is 1.76 bits per heavy atom. The molecule has 0 aliphatic carbocycles. The number of hydrogen-bond acceptors (Lipinski definition) is 3. The SMILES string of the molecule is C=C(C)CC/C=C(\C)COC(=O)CCC(C)=O. The van der Waals surface area contributed by atoms with Gasteiger partial charge >= 0.3 is 5.97 Å². The van der Waals surface area contributed by atoms with E-state index < -0.39 is 0 Å². The van der Waals surface area contributed by atoms with Crippen LogP contribution < -0.4 is 0 Å². The van der Waals surface area contributed by atoms with Crippen LogP contribution in [0.25, 0.3) is 0 Å². The van der Waals surface area contributed by atoms with Gasteiger partial charge in [0.2, 0.25) is 0 Å². The molecule has 0 aliphatic heterocycles. The first-order chi connectivity index (χ1) is 7.91. The number of ether oxygens (including phenoxy) is 1. The Bertz CT molecular complexity index is 313. The van der Waals surface area contributed by atoms with Crippen molar-refractivity contribution < 1.29 is 14.3 Å². The van der Waals surface area contributed by atoms with Crippen molar-refractivity contribution in [1.29, 1.82) is 0 Å². The fourth-order valence-electron chi connectivity index (χ4n) is 1.17. The summed E-state index contributed by atoms with van der Waals surface area (Å²) in [6.07, 6.45) is 4.36. The van der Waals surface area contributed by atoms with Crippen LogP contribution in [0.5, 0.6) is 0 Å². The van der Waals surface area contributed by atoms with E-state index in [1.807, 2.05) is 19.9 Å². The summed E-state index contributed by atoms with van der Waals surface area (Å²) in [6, 6.07) is 0. The summed E-state index contributed by atoms with van der Waals surface area (Å²) in [5.41, 5.74) is 2.18. The minimum Gasteiger partial charge on any atom is -0.461 e. The van der Waals surface area contributed by atoms with Crippen LogP contribution in [0.15, 0.2) is 23.8 Å². The minimum atomic E-state index is -0.312. The summed E-state index contributed by atoms with van der Waals surface area (Å²) in [4.78, 5) is 21.9. The smallest absolute Gasteiger partial charge is 0.306 e. The van der Waals surface area contributed by atoms with Gasteiger partial charge in [-0.1, -0.05) is 11.6 Å². The Labute approximate surface area is 104 Å². The molecule has 96 valence electrons. The number of ketones is 1. The van der Waals surface area contributed by atoms with Gasteiger partial charge < -0.3 is 9.53 Å². The van der Waals surface area contributed by atoms with Gasteiger partial charge in [0.25, 0.3) is 0 Å². The average molecular weight is 238 g/mol. The van der Waals surface area contributed by atoms with Crippen molar-refractivity contribution in [2.75, 3.05) is 6.61 Å². The van der Waals surface area contributed by atoms with E-state index >= 15 is 0 Å². The van der Waals surface area contributed by atoms with Gasteiger partial charge in [-0.2, -0.15) is 0 Å². The molecule has 17 heavy (non-hydrogen) atoms. The standard InChI is InChI=1S/C14H22O3/c1-11(2)6-5-7-12(3)10-17-14(16)9-8-13(4)15/h7H,1,5-6,8-10H2,2-4H3/b12-7+. The van der Waals surface area contributed by atoms with Crippen molar-refractivity contribution >= 4 is 11.8 Å².